The third-order valence-corrected chi connectivity index (χ3v) is 4.62. The van der Waals surface area contributed by atoms with E-state index < -0.39 is 0 Å². The van der Waals surface area contributed by atoms with Crippen LogP contribution in [-0.4, -0.2) is 30.7 Å². The fourth-order valence-corrected chi connectivity index (χ4v) is 3.23. The molecule has 0 aliphatic carbocycles. The number of fused-ring (bicyclic) bond motifs is 2. The van der Waals surface area contributed by atoms with Crippen molar-refractivity contribution in [1.29, 1.82) is 0 Å². The van der Waals surface area contributed by atoms with Gasteiger partial charge in [0, 0.05) is 23.0 Å². The molecule has 30 heavy (non-hydrogen) atoms. The summed E-state index contributed by atoms with van der Waals surface area (Å²) in [7, 11) is 0. The summed E-state index contributed by atoms with van der Waals surface area (Å²) in [5.74, 6) is 0.700. The van der Waals surface area contributed by atoms with Crippen LogP contribution in [0, 0.1) is 0 Å². The average Bonchev–Trinajstić information content (AvgIpc) is 2.77. The lowest BCUT2D eigenvalue weighted by molar-refractivity contribution is -0.115. The van der Waals surface area contributed by atoms with Crippen molar-refractivity contribution in [2.45, 2.75) is 13.3 Å². The Labute approximate surface area is 173 Å². The van der Waals surface area contributed by atoms with Crippen molar-refractivity contribution in [2.75, 3.05) is 18.5 Å². The molecule has 2 amide bonds. The van der Waals surface area contributed by atoms with Crippen molar-refractivity contribution < 1.29 is 19.1 Å². The zero-order valence-electron chi connectivity index (χ0n) is 16.5. The van der Waals surface area contributed by atoms with E-state index in [-0.39, 0.29) is 18.2 Å². The molecule has 0 fully saturated rings. The smallest absolute Gasteiger partial charge is 0.271 e. The van der Waals surface area contributed by atoms with Crippen LogP contribution >= 0.6 is 0 Å². The molecule has 152 valence electrons. The van der Waals surface area contributed by atoms with Gasteiger partial charge in [-0.2, -0.15) is 5.10 Å². The van der Waals surface area contributed by atoms with Crippen LogP contribution in [0.2, 0.25) is 0 Å². The van der Waals surface area contributed by atoms with Crippen LogP contribution in [0.5, 0.6) is 11.5 Å². The maximum atomic E-state index is 12.5. The highest BCUT2D eigenvalue weighted by atomic mass is 16.6. The van der Waals surface area contributed by atoms with Gasteiger partial charge in [0.2, 0.25) is 5.91 Å². The van der Waals surface area contributed by atoms with E-state index in [1.54, 1.807) is 31.2 Å². The standard InChI is InChI=1S/C23H21N3O4/c1-15(13-22(27)24-17-9-10-20-21(14-17)30-12-11-29-20)25-26-23(28)19-8-4-6-16-5-2-3-7-18(16)19/h2-10,14H,11-13H2,1H3,(H,24,27)(H,26,28). The predicted molar refractivity (Wildman–Crippen MR) is 115 cm³/mol. The number of hydrogen-bond donors (Lipinski definition) is 2. The summed E-state index contributed by atoms with van der Waals surface area (Å²) in [5.41, 5.74) is 4.16. The highest BCUT2D eigenvalue weighted by Gasteiger charge is 2.13. The lowest BCUT2D eigenvalue weighted by Gasteiger charge is -2.19. The van der Waals surface area contributed by atoms with Gasteiger partial charge in [0.1, 0.15) is 13.2 Å². The monoisotopic (exact) mass is 403 g/mol. The van der Waals surface area contributed by atoms with Gasteiger partial charge in [-0.25, -0.2) is 5.43 Å². The summed E-state index contributed by atoms with van der Waals surface area (Å²) >= 11 is 0. The molecule has 2 N–H and O–H groups in total. The van der Waals surface area contributed by atoms with Gasteiger partial charge in [-0.05, 0) is 35.9 Å². The molecule has 0 radical (unpaired) electrons. The minimum atomic E-state index is -0.321. The van der Waals surface area contributed by atoms with E-state index >= 15 is 0 Å². The highest BCUT2D eigenvalue weighted by Crippen LogP contribution is 2.32. The number of benzene rings is 3. The van der Waals surface area contributed by atoms with E-state index in [1.165, 1.54) is 0 Å². The summed E-state index contributed by atoms with van der Waals surface area (Å²) in [5, 5.41) is 8.69. The molecule has 0 bridgehead atoms. The second-order valence-electron chi connectivity index (χ2n) is 6.90. The number of nitrogens with zero attached hydrogens (tertiary/aromatic N) is 1. The van der Waals surface area contributed by atoms with Crippen LogP contribution in [0.25, 0.3) is 10.8 Å². The van der Waals surface area contributed by atoms with Crippen LogP contribution in [0.4, 0.5) is 5.69 Å². The van der Waals surface area contributed by atoms with E-state index in [1.807, 2.05) is 36.4 Å². The van der Waals surface area contributed by atoms with Crippen molar-refractivity contribution in [3.05, 3.63) is 66.2 Å². The van der Waals surface area contributed by atoms with E-state index in [4.69, 9.17) is 9.47 Å². The molecule has 0 atom stereocenters. The Hall–Kier alpha value is -3.87. The molecule has 0 spiro atoms. The largest absolute Gasteiger partial charge is 0.486 e. The summed E-state index contributed by atoms with van der Waals surface area (Å²) in [6.45, 7) is 2.68. The van der Waals surface area contributed by atoms with E-state index in [2.05, 4.69) is 15.8 Å². The van der Waals surface area contributed by atoms with Crippen LogP contribution in [-0.2, 0) is 4.79 Å². The predicted octanol–water partition coefficient (Wildman–Crippen LogP) is 3.75. The molecule has 3 aromatic carbocycles. The number of carbonyl (C=O) groups excluding carboxylic acids is 2. The Kier molecular flexibility index (Phi) is 5.61. The molecule has 4 rings (SSSR count). The first-order valence-corrected chi connectivity index (χ1v) is 9.61. The highest BCUT2D eigenvalue weighted by molar-refractivity contribution is 6.08. The fourth-order valence-electron chi connectivity index (χ4n) is 3.23. The second kappa shape index (κ2) is 8.65. The third kappa shape index (κ3) is 4.41. The quantitative estimate of drug-likeness (QED) is 0.502. The van der Waals surface area contributed by atoms with Gasteiger partial charge < -0.3 is 14.8 Å². The molecular formula is C23H21N3O4. The van der Waals surface area contributed by atoms with E-state index in [0.29, 0.717) is 41.7 Å². The minimum absolute atomic E-state index is 0.0459. The number of ether oxygens (including phenoxy) is 2. The Bertz CT molecular complexity index is 1140. The first-order chi connectivity index (χ1) is 14.6. The van der Waals surface area contributed by atoms with Crippen LogP contribution in [0.3, 0.4) is 0 Å². The number of anilines is 1. The summed E-state index contributed by atoms with van der Waals surface area (Å²) < 4.78 is 11.0. The number of nitrogens with one attached hydrogen (secondary N) is 2. The van der Waals surface area contributed by atoms with E-state index in [0.717, 1.165) is 10.8 Å². The van der Waals surface area contributed by atoms with Gasteiger partial charge in [0.05, 0.1) is 6.42 Å². The molecule has 7 heteroatoms. The fraction of sp³-hybridized carbons (Fsp3) is 0.174. The molecule has 0 unspecified atom stereocenters. The van der Waals surface area contributed by atoms with Crippen LogP contribution in [0.15, 0.2) is 65.8 Å². The molecular weight excluding hydrogens is 382 g/mol. The Morgan fingerprint density at radius 2 is 1.73 bits per heavy atom. The van der Waals surface area contributed by atoms with Crippen LogP contribution < -0.4 is 20.2 Å². The number of carbonyl (C=O) groups is 2. The van der Waals surface area contributed by atoms with Gasteiger partial charge in [-0.3, -0.25) is 9.59 Å². The maximum absolute atomic E-state index is 12.5. The average molecular weight is 403 g/mol. The molecule has 1 aliphatic heterocycles. The van der Waals surface area contributed by atoms with Crippen LogP contribution in [0.1, 0.15) is 23.7 Å². The number of amides is 2. The lowest BCUT2D eigenvalue weighted by Crippen LogP contribution is -2.22. The van der Waals surface area contributed by atoms with Gasteiger partial charge in [0.25, 0.3) is 5.91 Å². The summed E-state index contributed by atoms with van der Waals surface area (Å²) in [4.78, 5) is 24.8. The molecule has 7 nitrogen and oxygen atoms in total. The molecule has 0 saturated heterocycles. The molecule has 3 aromatic rings. The number of hydrogen-bond acceptors (Lipinski definition) is 5. The van der Waals surface area contributed by atoms with Gasteiger partial charge in [-0.1, -0.05) is 36.4 Å². The zero-order chi connectivity index (χ0) is 20.9. The summed E-state index contributed by atoms with van der Waals surface area (Å²) in [6, 6.07) is 18.4. The summed E-state index contributed by atoms with van der Waals surface area (Å²) in [6.07, 6.45) is 0.0459. The Balaban J connectivity index is 1.37. The Morgan fingerprint density at radius 1 is 0.967 bits per heavy atom. The first kappa shape index (κ1) is 19.4. The third-order valence-electron chi connectivity index (χ3n) is 4.62. The molecule has 1 aliphatic rings. The van der Waals surface area contributed by atoms with Crippen molar-refractivity contribution in [3.63, 3.8) is 0 Å². The second-order valence-corrected chi connectivity index (χ2v) is 6.90. The Morgan fingerprint density at radius 3 is 2.60 bits per heavy atom. The maximum Gasteiger partial charge on any atom is 0.271 e. The number of hydrazone groups is 1. The molecule has 0 saturated carbocycles. The topological polar surface area (TPSA) is 89.0 Å². The number of rotatable bonds is 5. The first-order valence-electron chi connectivity index (χ1n) is 9.61. The van der Waals surface area contributed by atoms with Crippen molar-refractivity contribution >= 4 is 34.0 Å². The molecule has 0 aromatic heterocycles. The normalized spacial score (nSPS) is 13.0. The van der Waals surface area contributed by atoms with Gasteiger partial charge in [-0.15, -0.1) is 0 Å². The zero-order valence-corrected chi connectivity index (χ0v) is 16.5. The van der Waals surface area contributed by atoms with Gasteiger partial charge in [0.15, 0.2) is 11.5 Å². The lowest BCUT2D eigenvalue weighted by atomic mass is 10.0. The van der Waals surface area contributed by atoms with Crippen molar-refractivity contribution in [1.82, 2.24) is 5.43 Å². The van der Waals surface area contributed by atoms with E-state index in [9.17, 15) is 9.59 Å². The van der Waals surface area contributed by atoms with Crippen molar-refractivity contribution in [2.24, 2.45) is 5.10 Å². The SMILES string of the molecule is CC(CC(=O)Nc1ccc2c(c1)OCCO2)=NNC(=O)c1cccc2ccccc12. The minimum Gasteiger partial charge on any atom is -0.486 e. The van der Waals surface area contributed by atoms with Crippen molar-refractivity contribution in [3.8, 4) is 11.5 Å². The molecule has 1 heterocycles. The van der Waals surface area contributed by atoms with Gasteiger partial charge >= 0.3 is 0 Å².